The number of carbonyl (C=O) groups is 2. The van der Waals surface area contributed by atoms with Crippen molar-refractivity contribution in [2.75, 3.05) is 13.6 Å². The molecule has 0 aromatic heterocycles. The Hall–Kier alpha value is -2.69. The highest BCUT2D eigenvalue weighted by atomic mass is 19.1. The predicted molar refractivity (Wildman–Crippen MR) is 90.4 cm³/mol. The largest absolute Gasteiger partial charge is 0.340 e. The van der Waals surface area contributed by atoms with Crippen LogP contribution in [0.1, 0.15) is 18.1 Å². The van der Waals surface area contributed by atoms with E-state index < -0.39 is 0 Å². The fourth-order valence-electron chi connectivity index (χ4n) is 2.34. The highest BCUT2D eigenvalue weighted by molar-refractivity contribution is 5.83. The molecule has 0 saturated carbocycles. The van der Waals surface area contributed by atoms with E-state index in [0.717, 1.165) is 5.56 Å². The van der Waals surface area contributed by atoms with Crippen LogP contribution in [0.15, 0.2) is 54.6 Å². The van der Waals surface area contributed by atoms with Crippen molar-refractivity contribution in [3.63, 3.8) is 0 Å². The van der Waals surface area contributed by atoms with Crippen molar-refractivity contribution >= 4 is 11.8 Å². The first-order valence-corrected chi connectivity index (χ1v) is 7.74. The number of nitrogens with zero attached hydrogens (tertiary/aromatic N) is 2. The van der Waals surface area contributed by atoms with Gasteiger partial charge in [-0.05, 0) is 11.6 Å². The minimum Gasteiger partial charge on any atom is -0.340 e. The first-order chi connectivity index (χ1) is 11.5. The van der Waals surface area contributed by atoms with Gasteiger partial charge in [0.05, 0.1) is 0 Å². The molecule has 0 bridgehead atoms. The Morgan fingerprint density at radius 3 is 2.21 bits per heavy atom. The maximum atomic E-state index is 13.8. The first kappa shape index (κ1) is 17.7. The quantitative estimate of drug-likeness (QED) is 0.818. The molecule has 0 unspecified atom stereocenters. The van der Waals surface area contributed by atoms with Crippen molar-refractivity contribution in [1.82, 2.24) is 9.80 Å². The van der Waals surface area contributed by atoms with Gasteiger partial charge >= 0.3 is 0 Å². The van der Waals surface area contributed by atoms with Crippen LogP contribution in [-0.4, -0.2) is 35.2 Å². The lowest BCUT2D eigenvalue weighted by molar-refractivity contribution is -0.139. The third kappa shape index (κ3) is 4.91. The van der Waals surface area contributed by atoms with Gasteiger partial charge in [-0.15, -0.1) is 0 Å². The van der Waals surface area contributed by atoms with E-state index in [4.69, 9.17) is 0 Å². The Morgan fingerprint density at radius 1 is 0.958 bits per heavy atom. The molecular formula is C19H21FN2O2. The smallest absolute Gasteiger partial charge is 0.242 e. The molecular weight excluding hydrogens is 307 g/mol. The summed E-state index contributed by atoms with van der Waals surface area (Å²) in [5.74, 6) is -0.834. The highest BCUT2D eigenvalue weighted by Crippen LogP contribution is 2.11. The zero-order valence-electron chi connectivity index (χ0n) is 13.9. The van der Waals surface area contributed by atoms with E-state index in [1.807, 2.05) is 30.3 Å². The average molecular weight is 328 g/mol. The molecule has 2 aromatic rings. The van der Waals surface area contributed by atoms with Gasteiger partial charge in [0, 0.05) is 32.6 Å². The summed E-state index contributed by atoms with van der Waals surface area (Å²) in [5, 5.41) is 0. The molecule has 0 atom stereocenters. The topological polar surface area (TPSA) is 40.6 Å². The van der Waals surface area contributed by atoms with Crippen molar-refractivity contribution in [2.24, 2.45) is 0 Å². The van der Waals surface area contributed by atoms with Crippen LogP contribution in [0, 0.1) is 5.82 Å². The number of benzene rings is 2. The molecule has 0 spiro atoms. The predicted octanol–water partition coefficient (Wildman–Crippen LogP) is 2.83. The fraction of sp³-hybridized carbons (Fsp3) is 0.263. The van der Waals surface area contributed by atoms with Crippen LogP contribution in [0.3, 0.4) is 0 Å². The number of hydrogen-bond donors (Lipinski definition) is 0. The van der Waals surface area contributed by atoms with Crippen molar-refractivity contribution in [3.8, 4) is 0 Å². The Kier molecular flexibility index (Phi) is 6.07. The van der Waals surface area contributed by atoms with Gasteiger partial charge in [-0.2, -0.15) is 0 Å². The molecule has 0 aliphatic heterocycles. The molecule has 0 fully saturated rings. The number of halogens is 1. The molecule has 24 heavy (non-hydrogen) atoms. The molecule has 0 N–H and O–H groups in total. The lowest BCUT2D eigenvalue weighted by atomic mass is 10.2. The SMILES string of the molecule is CC(=O)N(CC(=O)N(C)Cc1ccccc1)Cc1ccccc1F. The summed E-state index contributed by atoms with van der Waals surface area (Å²) >= 11 is 0. The summed E-state index contributed by atoms with van der Waals surface area (Å²) in [5.41, 5.74) is 1.41. The number of likely N-dealkylation sites (N-methyl/N-ethyl adjacent to an activating group) is 1. The van der Waals surface area contributed by atoms with Crippen LogP contribution < -0.4 is 0 Å². The second-order valence-corrected chi connectivity index (χ2v) is 5.70. The van der Waals surface area contributed by atoms with E-state index in [0.29, 0.717) is 12.1 Å². The second kappa shape index (κ2) is 8.24. The molecule has 2 aromatic carbocycles. The molecule has 0 saturated heterocycles. The van der Waals surface area contributed by atoms with Crippen LogP contribution in [0.2, 0.25) is 0 Å². The molecule has 2 rings (SSSR count). The van der Waals surface area contributed by atoms with Gasteiger partial charge in [-0.1, -0.05) is 48.5 Å². The standard InChI is InChI=1S/C19H21FN2O2/c1-15(23)22(13-17-10-6-7-11-18(17)20)14-19(24)21(2)12-16-8-4-3-5-9-16/h3-11H,12-14H2,1-2H3. The molecule has 0 heterocycles. The third-order valence-corrected chi connectivity index (χ3v) is 3.78. The second-order valence-electron chi connectivity index (χ2n) is 5.70. The molecule has 4 nitrogen and oxygen atoms in total. The highest BCUT2D eigenvalue weighted by Gasteiger charge is 2.18. The van der Waals surface area contributed by atoms with E-state index >= 15 is 0 Å². The summed E-state index contributed by atoms with van der Waals surface area (Å²) in [6.07, 6.45) is 0. The summed E-state index contributed by atoms with van der Waals surface area (Å²) in [7, 11) is 1.69. The van der Waals surface area contributed by atoms with Crippen molar-refractivity contribution in [1.29, 1.82) is 0 Å². The van der Waals surface area contributed by atoms with Crippen LogP contribution in [0.5, 0.6) is 0 Å². The van der Waals surface area contributed by atoms with Crippen LogP contribution in [-0.2, 0) is 22.7 Å². The number of amides is 2. The van der Waals surface area contributed by atoms with E-state index in [1.165, 1.54) is 17.9 Å². The maximum absolute atomic E-state index is 13.8. The van der Waals surface area contributed by atoms with E-state index in [-0.39, 0.29) is 30.7 Å². The lowest BCUT2D eigenvalue weighted by Crippen LogP contribution is -2.40. The minimum absolute atomic E-state index is 0.0763. The van der Waals surface area contributed by atoms with E-state index in [2.05, 4.69) is 0 Å². The number of rotatable bonds is 6. The van der Waals surface area contributed by atoms with Crippen LogP contribution in [0.4, 0.5) is 4.39 Å². The van der Waals surface area contributed by atoms with Crippen LogP contribution >= 0.6 is 0 Å². The summed E-state index contributed by atoms with van der Waals surface area (Å²) in [6.45, 7) is 1.84. The monoisotopic (exact) mass is 328 g/mol. The van der Waals surface area contributed by atoms with Gasteiger partial charge in [0.25, 0.3) is 0 Å². The first-order valence-electron chi connectivity index (χ1n) is 7.74. The van der Waals surface area contributed by atoms with Crippen molar-refractivity contribution in [3.05, 3.63) is 71.5 Å². The summed E-state index contributed by atoms with van der Waals surface area (Å²) in [4.78, 5) is 27.1. The summed E-state index contributed by atoms with van der Waals surface area (Å²) in [6, 6.07) is 15.9. The molecule has 5 heteroatoms. The molecule has 0 radical (unpaired) electrons. The van der Waals surface area contributed by atoms with Gasteiger partial charge in [0.15, 0.2) is 0 Å². The van der Waals surface area contributed by atoms with Crippen molar-refractivity contribution in [2.45, 2.75) is 20.0 Å². The maximum Gasteiger partial charge on any atom is 0.242 e. The zero-order valence-corrected chi connectivity index (χ0v) is 13.9. The fourth-order valence-corrected chi connectivity index (χ4v) is 2.34. The Balaban J connectivity index is 2.00. The number of hydrogen-bond acceptors (Lipinski definition) is 2. The normalized spacial score (nSPS) is 10.3. The van der Waals surface area contributed by atoms with Crippen LogP contribution in [0.25, 0.3) is 0 Å². The van der Waals surface area contributed by atoms with Gasteiger partial charge < -0.3 is 9.80 Å². The Labute approximate surface area is 141 Å². The third-order valence-electron chi connectivity index (χ3n) is 3.78. The Morgan fingerprint density at radius 2 is 1.58 bits per heavy atom. The molecule has 0 aliphatic rings. The zero-order chi connectivity index (χ0) is 17.5. The summed E-state index contributed by atoms with van der Waals surface area (Å²) < 4.78 is 13.8. The van der Waals surface area contributed by atoms with E-state index in [9.17, 15) is 14.0 Å². The molecule has 2 amide bonds. The van der Waals surface area contributed by atoms with Gasteiger partial charge in [-0.25, -0.2) is 4.39 Å². The van der Waals surface area contributed by atoms with Gasteiger partial charge in [-0.3, -0.25) is 9.59 Å². The molecule has 0 aliphatic carbocycles. The lowest BCUT2D eigenvalue weighted by Gasteiger charge is -2.24. The van der Waals surface area contributed by atoms with Gasteiger partial charge in [0.2, 0.25) is 11.8 Å². The Bertz CT molecular complexity index is 704. The van der Waals surface area contributed by atoms with Crippen molar-refractivity contribution < 1.29 is 14.0 Å². The number of carbonyl (C=O) groups excluding carboxylic acids is 2. The minimum atomic E-state index is -0.381. The molecule has 126 valence electrons. The average Bonchev–Trinajstić information content (AvgIpc) is 2.56. The van der Waals surface area contributed by atoms with Gasteiger partial charge in [0.1, 0.15) is 12.4 Å². The van der Waals surface area contributed by atoms with E-state index in [1.54, 1.807) is 30.1 Å².